The number of amides is 1. The van der Waals surface area contributed by atoms with E-state index in [1.807, 2.05) is 13.0 Å². The molecule has 1 saturated heterocycles. The highest BCUT2D eigenvalue weighted by molar-refractivity contribution is 7.92. The van der Waals surface area contributed by atoms with E-state index in [0.29, 0.717) is 31.1 Å². The number of carbonyl (C=O) groups excluding carboxylic acids is 1. The van der Waals surface area contributed by atoms with Gasteiger partial charge in [0.25, 0.3) is 10.0 Å². The number of nitrogens with one attached hydrogen (secondary N) is 1. The molecule has 0 unspecified atom stereocenters. The van der Waals surface area contributed by atoms with Crippen LogP contribution in [0.3, 0.4) is 0 Å². The van der Waals surface area contributed by atoms with E-state index in [-0.39, 0.29) is 17.3 Å². The van der Waals surface area contributed by atoms with Gasteiger partial charge in [0.15, 0.2) is 0 Å². The van der Waals surface area contributed by atoms with Crippen molar-refractivity contribution in [2.24, 2.45) is 0 Å². The molecule has 0 aromatic heterocycles. The van der Waals surface area contributed by atoms with E-state index in [4.69, 9.17) is 4.74 Å². The maximum atomic E-state index is 13.4. The monoisotopic (exact) mass is 418 g/mol. The number of nitrogens with zero attached hydrogens (tertiary/aromatic N) is 2. The Labute approximate surface area is 172 Å². The molecule has 0 aliphatic carbocycles. The van der Waals surface area contributed by atoms with Crippen molar-refractivity contribution >= 4 is 21.6 Å². The van der Waals surface area contributed by atoms with Crippen molar-refractivity contribution in [1.82, 2.24) is 4.90 Å². The molecule has 0 radical (unpaired) electrons. The second-order valence-corrected chi connectivity index (χ2v) is 8.95. The van der Waals surface area contributed by atoms with Crippen LogP contribution in [-0.4, -0.2) is 65.6 Å². The Kier molecular flexibility index (Phi) is 6.76. The van der Waals surface area contributed by atoms with E-state index >= 15 is 0 Å². The maximum absolute atomic E-state index is 13.4. The summed E-state index contributed by atoms with van der Waals surface area (Å²) in [5.41, 5.74) is 0.467. The van der Waals surface area contributed by atoms with E-state index in [9.17, 15) is 13.2 Å². The Hall–Kier alpha value is -2.58. The van der Waals surface area contributed by atoms with Crippen LogP contribution in [0, 0.1) is 0 Å². The Morgan fingerprint density at radius 2 is 1.69 bits per heavy atom. The molecule has 1 N–H and O–H groups in total. The zero-order chi connectivity index (χ0) is 20.9. The number of piperazine rings is 1. The van der Waals surface area contributed by atoms with Crippen molar-refractivity contribution in [3.63, 3.8) is 0 Å². The first kappa shape index (κ1) is 21.1. The minimum Gasteiger partial charge on any atom is -0.494 e. The summed E-state index contributed by atoms with van der Waals surface area (Å²) in [7, 11) is -1.81. The predicted molar refractivity (Wildman–Crippen MR) is 112 cm³/mol. The molecular weight excluding hydrogens is 390 g/mol. The SMILES string of the molecule is CCOc1ccc(S(=O)(=O)N(CC(=O)N2CC[NH+](C)CC2)c2ccccc2)cc1. The predicted octanol–water partition coefficient (Wildman–Crippen LogP) is 0.638. The fourth-order valence-corrected chi connectivity index (χ4v) is 4.69. The largest absolute Gasteiger partial charge is 0.494 e. The molecule has 2 aromatic rings. The molecule has 7 nitrogen and oxygen atoms in total. The van der Waals surface area contributed by atoms with E-state index in [0.717, 1.165) is 13.1 Å². The molecule has 0 bridgehead atoms. The highest BCUT2D eigenvalue weighted by atomic mass is 32.2. The average molecular weight is 419 g/mol. The van der Waals surface area contributed by atoms with Gasteiger partial charge in [0, 0.05) is 0 Å². The van der Waals surface area contributed by atoms with Gasteiger partial charge in [-0.25, -0.2) is 8.42 Å². The number of anilines is 1. The van der Waals surface area contributed by atoms with Crippen LogP contribution in [0.15, 0.2) is 59.5 Å². The van der Waals surface area contributed by atoms with Gasteiger partial charge in [-0.3, -0.25) is 9.10 Å². The third kappa shape index (κ3) is 5.07. The second kappa shape index (κ2) is 9.28. The van der Waals surface area contributed by atoms with Crippen LogP contribution in [-0.2, 0) is 14.8 Å². The zero-order valence-corrected chi connectivity index (χ0v) is 17.7. The standard InChI is InChI=1S/C21H27N3O4S/c1-3-28-19-9-11-20(12-10-19)29(26,27)24(18-7-5-4-6-8-18)17-21(25)23-15-13-22(2)14-16-23/h4-12H,3,13-17H2,1-2H3/p+1. The lowest BCUT2D eigenvalue weighted by atomic mass is 10.3. The summed E-state index contributed by atoms with van der Waals surface area (Å²) < 4.78 is 33.4. The van der Waals surface area contributed by atoms with E-state index in [2.05, 4.69) is 7.05 Å². The summed E-state index contributed by atoms with van der Waals surface area (Å²) in [5.74, 6) is 0.421. The van der Waals surface area contributed by atoms with Crippen LogP contribution in [0.25, 0.3) is 0 Å². The van der Waals surface area contributed by atoms with Gasteiger partial charge in [-0.2, -0.15) is 0 Å². The molecule has 1 aliphatic rings. The van der Waals surface area contributed by atoms with Crippen molar-refractivity contribution in [1.29, 1.82) is 0 Å². The molecule has 1 heterocycles. The van der Waals surface area contributed by atoms with Crippen LogP contribution in [0.4, 0.5) is 5.69 Å². The first-order valence-electron chi connectivity index (χ1n) is 9.81. The minimum atomic E-state index is -3.91. The summed E-state index contributed by atoms with van der Waals surface area (Å²) in [4.78, 5) is 16.1. The number of para-hydroxylation sites is 1. The summed E-state index contributed by atoms with van der Waals surface area (Å²) in [5, 5.41) is 0. The van der Waals surface area contributed by atoms with Gasteiger partial charge >= 0.3 is 0 Å². The lowest BCUT2D eigenvalue weighted by Gasteiger charge is -2.32. The maximum Gasteiger partial charge on any atom is 0.264 e. The van der Waals surface area contributed by atoms with E-state index in [1.54, 1.807) is 41.3 Å². The molecular formula is C21H28N3O4S+. The van der Waals surface area contributed by atoms with Crippen molar-refractivity contribution in [3.8, 4) is 5.75 Å². The highest BCUT2D eigenvalue weighted by Crippen LogP contribution is 2.25. The first-order chi connectivity index (χ1) is 13.9. The fraction of sp³-hybridized carbons (Fsp3) is 0.381. The van der Waals surface area contributed by atoms with Gasteiger partial charge in [-0.15, -0.1) is 0 Å². The van der Waals surface area contributed by atoms with Crippen LogP contribution < -0.4 is 13.9 Å². The summed E-state index contributed by atoms with van der Waals surface area (Å²) >= 11 is 0. The zero-order valence-electron chi connectivity index (χ0n) is 16.9. The summed E-state index contributed by atoms with van der Waals surface area (Å²) in [6, 6.07) is 15.0. The molecule has 0 saturated carbocycles. The highest BCUT2D eigenvalue weighted by Gasteiger charge is 2.30. The lowest BCUT2D eigenvalue weighted by molar-refractivity contribution is -0.883. The van der Waals surface area contributed by atoms with Crippen LogP contribution in [0.1, 0.15) is 6.92 Å². The van der Waals surface area contributed by atoms with E-state index in [1.165, 1.54) is 21.3 Å². The number of likely N-dealkylation sites (N-methyl/N-ethyl adjacent to an activating group) is 1. The molecule has 1 aliphatic heterocycles. The number of ether oxygens (including phenoxy) is 1. The van der Waals surface area contributed by atoms with Crippen molar-refractivity contribution < 1.29 is 22.8 Å². The van der Waals surface area contributed by atoms with Crippen LogP contribution in [0.2, 0.25) is 0 Å². The Morgan fingerprint density at radius 1 is 1.07 bits per heavy atom. The molecule has 0 spiro atoms. The average Bonchev–Trinajstić information content (AvgIpc) is 2.73. The Balaban J connectivity index is 1.87. The first-order valence-corrected chi connectivity index (χ1v) is 11.3. The molecule has 156 valence electrons. The van der Waals surface area contributed by atoms with Gasteiger partial charge in [0.2, 0.25) is 5.91 Å². The third-order valence-electron chi connectivity index (χ3n) is 5.02. The van der Waals surface area contributed by atoms with Gasteiger partial charge < -0.3 is 14.5 Å². The molecule has 29 heavy (non-hydrogen) atoms. The number of hydrogen-bond donors (Lipinski definition) is 1. The van der Waals surface area contributed by atoms with Crippen molar-refractivity contribution in [2.75, 3.05) is 50.7 Å². The Morgan fingerprint density at radius 3 is 2.28 bits per heavy atom. The second-order valence-electron chi connectivity index (χ2n) is 7.09. The fourth-order valence-electron chi connectivity index (χ4n) is 3.27. The number of quaternary nitrogens is 1. The number of hydrogen-bond acceptors (Lipinski definition) is 4. The number of benzene rings is 2. The van der Waals surface area contributed by atoms with Crippen molar-refractivity contribution in [3.05, 3.63) is 54.6 Å². The molecule has 3 rings (SSSR count). The quantitative estimate of drug-likeness (QED) is 0.716. The summed E-state index contributed by atoms with van der Waals surface area (Å²) in [6.45, 7) is 5.15. The molecule has 1 amide bonds. The van der Waals surface area contributed by atoms with Crippen LogP contribution >= 0.6 is 0 Å². The smallest absolute Gasteiger partial charge is 0.264 e. The van der Waals surface area contributed by atoms with Crippen molar-refractivity contribution in [2.45, 2.75) is 11.8 Å². The van der Waals surface area contributed by atoms with Gasteiger partial charge in [0.1, 0.15) is 12.3 Å². The number of sulfonamides is 1. The van der Waals surface area contributed by atoms with E-state index < -0.39 is 10.0 Å². The molecule has 1 fully saturated rings. The van der Waals surface area contributed by atoms with Gasteiger partial charge in [-0.1, -0.05) is 18.2 Å². The molecule has 2 aromatic carbocycles. The lowest BCUT2D eigenvalue weighted by Crippen LogP contribution is -3.12. The third-order valence-corrected chi connectivity index (χ3v) is 6.80. The molecule has 0 atom stereocenters. The normalized spacial score (nSPS) is 15.2. The topological polar surface area (TPSA) is 71.4 Å². The number of carbonyl (C=O) groups is 1. The van der Waals surface area contributed by atoms with Crippen LogP contribution in [0.5, 0.6) is 5.75 Å². The minimum absolute atomic E-state index is 0.125. The number of rotatable bonds is 7. The van der Waals surface area contributed by atoms with Gasteiger partial charge in [-0.05, 0) is 43.3 Å². The summed E-state index contributed by atoms with van der Waals surface area (Å²) in [6.07, 6.45) is 0. The Bertz CT molecular complexity index is 909. The molecule has 8 heteroatoms. The van der Waals surface area contributed by atoms with Gasteiger partial charge in [0.05, 0.1) is 50.4 Å².